The first-order chi connectivity index (χ1) is 12.7. The van der Waals surface area contributed by atoms with Crippen molar-refractivity contribution in [3.8, 4) is 0 Å². The van der Waals surface area contributed by atoms with Crippen molar-refractivity contribution in [2.45, 2.75) is 36.3 Å². The highest BCUT2D eigenvalue weighted by Gasteiger charge is 2.32. The number of Topliss-reactive ketones (excluding diaryl/α,β-unsaturated/α-hetero) is 1. The van der Waals surface area contributed by atoms with Gasteiger partial charge in [0, 0.05) is 22.8 Å². The fourth-order valence-corrected chi connectivity index (χ4v) is 4.36. The van der Waals surface area contributed by atoms with E-state index in [9.17, 15) is 9.59 Å². The summed E-state index contributed by atoms with van der Waals surface area (Å²) in [6.45, 7) is 0. The van der Waals surface area contributed by atoms with E-state index < -0.39 is 0 Å². The summed E-state index contributed by atoms with van der Waals surface area (Å²) in [6.07, 6.45) is 4.54. The Labute approximate surface area is 158 Å². The molecule has 1 aromatic heterocycles. The third-order valence-corrected chi connectivity index (χ3v) is 5.99. The molecular weight excluding hydrogens is 346 g/mol. The molecule has 1 fully saturated rings. The van der Waals surface area contributed by atoms with Crippen molar-refractivity contribution in [1.29, 1.82) is 0 Å². The second-order valence-corrected chi connectivity index (χ2v) is 7.58. The van der Waals surface area contributed by atoms with Crippen molar-refractivity contribution in [2.75, 3.05) is 7.11 Å². The Hall–Kier alpha value is -2.14. The molecular formula is C21H23NO3S. The highest BCUT2D eigenvalue weighted by atomic mass is 32.2. The average molecular weight is 369 g/mol. The Kier molecular flexibility index (Phi) is 6.45. The molecule has 0 amide bonds. The predicted octanol–water partition coefficient (Wildman–Crippen LogP) is 4.54. The van der Waals surface area contributed by atoms with Crippen LogP contribution in [0.4, 0.5) is 0 Å². The van der Waals surface area contributed by atoms with Crippen LogP contribution in [0.3, 0.4) is 0 Å². The largest absolute Gasteiger partial charge is 0.469 e. The van der Waals surface area contributed by atoms with Gasteiger partial charge in [-0.2, -0.15) is 0 Å². The molecule has 4 nitrogen and oxygen atoms in total. The molecule has 1 aliphatic carbocycles. The van der Waals surface area contributed by atoms with E-state index in [0.717, 1.165) is 23.5 Å². The molecule has 1 heterocycles. The number of hydrogen-bond acceptors (Lipinski definition) is 5. The zero-order valence-electron chi connectivity index (χ0n) is 14.9. The second kappa shape index (κ2) is 8.99. The Bertz CT molecular complexity index is 755. The summed E-state index contributed by atoms with van der Waals surface area (Å²) < 4.78 is 4.82. The number of aromatic nitrogens is 1. The first-order valence-electron chi connectivity index (χ1n) is 8.93. The molecule has 0 radical (unpaired) electrons. The topological polar surface area (TPSA) is 56.3 Å². The summed E-state index contributed by atoms with van der Waals surface area (Å²) in [5, 5.41) is 0. The van der Waals surface area contributed by atoms with E-state index in [1.807, 2.05) is 30.3 Å². The lowest BCUT2D eigenvalue weighted by molar-refractivity contribution is -0.146. The van der Waals surface area contributed by atoms with Crippen LogP contribution < -0.4 is 0 Å². The van der Waals surface area contributed by atoms with E-state index in [1.54, 1.807) is 18.0 Å². The fourth-order valence-electron chi connectivity index (χ4n) is 3.38. The van der Waals surface area contributed by atoms with Crippen LogP contribution in [-0.4, -0.2) is 23.8 Å². The number of carbonyl (C=O) groups excluding carboxylic acids is 2. The smallest absolute Gasteiger partial charge is 0.308 e. The molecule has 0 unspecified atom stereocenters. The molecule has 1 aromatic carbocycles. The quantitative estimate of drug-likeness (QED) is 0.425. The van der Waals surface area contributed by atoms with Gasteiger partial charge in [0.15, 0.2) is 5.78 Å². The monoisotopic (exact) mass is 369 g/mol. The van der Waals surface area contributed by atoms with E-state index in [1.165, 1.54) is 12.7 Å². The summed E-state index contributed by atoms with van der Waals surface area (Å²) >= 11 is 1.64. The van der Waals surface area contributed by atoms with Gasteiger partial charge in [-0.1, -0.05) is 30.3 Å². The van der Waals surface area contributed by atoms with Gasteiger partial charge >= 0.3 is 5.97 Å². The van der Waals surface area contributed by atoms with Crippen molar-refractivity contribution in [1.82, 2.24) is 4.98 Å². The highest BCUT2D eigenvalue weighted by Crippen LogP contribution is 2.34. The lowest BCUT2D eigenvalue weighted by Gasteiger charge is -2.26. The number of methoxy groups -OCH3 is 1. The lowest BCUT2D eigenvalue weighted by atomic mass is 9.79. The van der Waals surface area contributed by atoms with E-state index in [-0.39, 0.29) is 23.6 Å². The van der Waals surface area contributed by atoms with Crippen LogP contribution in [0.2, 0.25) is 0 Å². The zero-order chi connectivity index (χ0) is 18.4. The maximum atomic E-state index is 13.0. The molecule has 1 aliphatic rings. The molecule has 0 N–H and O–H groups in total. The van der Waals surface area contributed by atoms with Crippen LogP contribution >= 0.6 is 11.8 Å². The number of esters is 1. The molecule has 0 saturated heterocycles. The Morgan fingerprint density at radius 1 is 1.04 bits per heavy atom. The minimum atomic E-state index is -0.159. The number of ether oxygens (including phenoxy) is 1. The van der Waals surface area contributed by atoms with Gasteiger partial charge < -0.3 is 4.74 Å². The summed E-state index contributed by atoms with van der Waals surface area (Å²) in [6, 6.07) is 14.0. The fraction of sp³-hybridized carbons (Fsp3) is 0.381. The molecule has 0 spiro atoms. The van der Waals surface area contributed by atoms with Gasteiger partial charge in [0.25, 0.3) is 0 Å². The van der Waals surface area contributed by atoms with Crippen LogP contribution in [0.5, 0.6) is 0 Å². The normalized spacial score (nSPS) is 19.7. The van der Waals surface area contributed by atoms with Crippen molar-refractivity contribution in [3.05, 3.63) is 59.9 Å². The molecule has 2 aromatic rings. The van der Waals surface area contributed by atoms with Crippen LogP contribution in [-0.2, 0) is 15.3 Å². The summed E-state index contributed by atoms with van der Waals surface area (Å²) in [5.74, 6) is 0.626. The first kappa shape index (κ1) is 18.6. The third kappa shape index (κ3) is 4.52. The summed E-state index contributed by atoms with van der Waals surface area (Å²) in [4.78, 5) is 30.0. The zero-order valence-corrected chi connectivity index (χ0v) is 15.7. The van der Waals surface area contributed by atoms with Crippen LogP contribution in [0.25, 0.3) is 0 Å². The predicted molar refractivity (Wildman–Crippen MR) is 102 cm³/mol. The molecule has 5 heteroatoms. The first-order valence-corrected chi connectivity index (χ1v) is 9.91. The molecule has 0 aliphatic heterocycles. The van der Waals surface area contributed by atoms with Crippen molar-refractivity contribution in [2.24, 2.45) is 11.8 Å². The Balaban J connectivity index is 1.65. The SMILES string of the molecule is COC(=O)[C@H]1CC[C@H](C(=O)c2ncccc2SCc2ccccc2)CC1. The second-order valence-electron chi connectivity index (χ2n) is 6.56. The number of nitrogens with zero attached hydrogens (tertiary/aromatic N) is 1. The number of rotatable bonds is 6. The number of pyridine rings is 1. The van der Waals surface area contributed by atoms with Crippen LogP contribution in [0, 0.1) is 11.8 Å². The third-order valence-electron chi connectivity index (χ3n) is 4.87. The van der Waals surface area contributed by atoms with Crippen molar-refractivity contribution in [3.63, 3.8) is 0 Å². The van der Waals surface area contributed by atoms with Gasteiger partial charge in [0.05, 0.1) is 13.0 Å². The van der Waals surface area contributed by atoms with Crippen molar-refractivity contribution < 1.29 is 14.3 Å². The van der Waals surface area contributed by atoms with Crippen LogP contribution in [0.15, 0.2) is 53.6 Å². The van der Waals surface area contributed by atoms with Crippen LogP contribution in [0.1, 0.15) is 41.7 Å². The van der Waals surface area contributed by atoms with Gasteiger partial charge in [0.1, 0.15) is 5.69 Å². The van der Waals surface area contributed by atoms with Gasteiger partial charge in [-0.3, -0.25) is 14.6 Å². The maximum absolute atomic E-state index is 13.0. The Morgan fingerprint density at radius 3 is 2.42 bits per heavy atom. The number of carbonyl (C=O) groups is 2. The van der Waals surface area contributed by atoms with Gasteiger partial charge in [-0.05, 0) is 43.4 Å². The average Bonchev–Trinajstić information content (AvgIpc) is 2.72. The number of hydrogen-bond donors (Lipinski definition) is 0. The Morgan fingerprint density at radius 2 is 1.73 bits per heavy atom. The molecule has 136 valence electrons. The summed E-state index contributed by atoms with van der Waals surface area (Å²) in [7, 11) is 1.42. The minimum Gasteiger partial charge on any atom is -0.469 e. The molecule has 3 rings (SSSR count). The van der Waals surface area contributed by atoms with Gasteiger partial charge in [-0.15, -0.1) is 11.8 Å². The standard InChI is InChI=1S/C21H23NO3S/c1-25-21(24)17-11-9-16(10-12-17)20(23)19-18(8-5-13-22-19)26-14-15-6-3-2-4-7-15/h2-8,13,16-17H,9-12,14H2,1H3/t16-,17-. The molecule has 0 atom stereocenters. The maximum Gasteiger partial charge on any atom is 0.308 e. The van der Waals surface area contributed by atoms with Gasteiger partial charge in [0.2, 0.25) is 0 Å². The van der Waals surface area contributed by atoms with E-state index in [0.29, 0.717) is 18.5 Å². The van der Waals surface area contributed by atoms with Gasteiger partial charge in [-0.25, -0.2) is 0 Å². The minimum absolute atomic E-state index is 0.0538. The number of ketones is 1. The molecule has 26 heavy (non-hydrogen) atoms. The van der Waals surface area contributed by atoms with E-state index >= 15 is 0 Å². The van der Waals surface area contributed by atoms with E-state index in [4.69, 9.17) is 4.74 Å². The van der Waals surface area contributed by atoms with Crippen molar-refractivity contribution >= 4 is 23.5 Å². The number of thioether (sulfide) groups is 1. The highest BCUT2D eigenvalue weighted by molar-refractivity contribution is 7.98. The molecule has 1 saturated carbocycles. The summed E-state index contributed by atoms with van der Waals surface area (Å²) in [5.41, 5.74) is 1.79. The lowest BCUT2D eigenvalue weighted by Crippen LogP contribution is -2.27. The number of benzene rings is 1. The molecule has 0 bridgehead atoms. The van der Waals surface area contributed by atoms with E-state index in [2.05, 4.69) is 17.1 Å².